The predicted molar refractivity (Wildman–Crippen MR) is 81.0 cm³/mol. The van der Waals surface area contributed by atoms with Crippen LogP contribution in [0, 0.1) is 5.92 Å². The van der Waals surface area contributed by atoms with Crippen LogP contribution < -0.4 is 5.32 Å². The Balaban J connectivity index is 1.32. The van der Waals surface area contributed by atoms with Gasteiger partial charge in [0, 0.05) is 19.1 Å². The highest BCUT2D eigenvalue weighted by Crippen LogP contribution is 2.31. The molecule has 3 rings (SSSR count). The fourth-order valence-corrected chi connectivity index (χ4v) is 2.93. The average molecular weight is 256 g/mol. The lowest BCUT2D eigenvalue weighted by atomic mass is 10.1. The third kappa shape index (κ3) is 3.92. The Bertz CT molecular complexity index is 409. The Labute approximate surface area is 116 Å². The molecule has 2 aliphatic rings. The average Bonchev–Trinajstić information content (AvgIpc) is 3.20. The molecule has 1 atom stereocenters. The molecule has 0 aromatic heterocycles. The van der Waals surface area contributed by atoms with E-state index in [0.29, 0.717) is 0 Å². The van der Waals surface area contributed by atoms with Crippen molar-refractivity contribution in [3.05, 3.63) is 42.0 Å². The summed E-state index contributed by atoms with van der Waals surface area (Å²) in [5.74, 6) is 0.866. The van der Waals surface area contributed by atoms with Gasteiger partial charge in [0.1, 0.15) is 0 Å². The van der Waals surface area contributed by atoms with Crippen LogP contribution in [-0.4, -0.2) is 37.1 Å². The number of hydrogen-bond donors (Lipinski definition) is 1. The van der Waals surface area contributed by atoms with E-state index in [-0.39, 0.29) is 0 Å². The lowest BCUT2D eigenvalue weighted by molar-refractivity contribution is 0.312. The van der Waals surface area contributed by atoms with Crippen molar-refractivity contribution in [3.63, 3.8) is 0 Å². The summed E-state index contributed by atoms with van der Waals surface area (Å²) in [6.07, 6.45) is 8.69. The number of benzene rings is 1. The van der Waals surface area contributed by atoms with Gasteiger partial charge in [-0.25, -0.2) is 0 Å². The molecule has 1 unspecified atom stereocenters. The van der Waals surface area contributed by atoms with Gasteiger partial charge in [0.2, 0.25) is 0 Å². The van der Waals surface area contributed by atoms with Gasteiger partial charge in [0.25, 0.3) is 0 Å². The molecule has 0 amide bonds. The van der Waals surface area contributed by atoms with Crippen molar-refractivity contribution in [1.82, 2.24) is 10.2 Å². The van der Waals surface area contributed by atoms with Crippen molar-refractivity contribution in [2.45, 2.75) is 25.3 Å². The summed E-state index contributed by atoms with van der Waals surface area (Å²) in [4.78, 5) is 2.69. The molecule has 2 nitrogen and oxygen atoms in total. The summed E-state index contributed by atoms with van der Waals surface area (Å²) in [5, 5.41) is 3.56. The minimum absolute atomic E-state index is 0.866. The van der Waals surface area contributed by atoms with Gasteiger partial charge >= 0.3 is 0 Å². The predicted octanol–water partition coefficient (Wildman–Crippen LogP) is 2.77. The first-order valence-electron chi connectivity index (χ1n) is 7.58. The largest absolute Gasteiger partial charge is 0.313 e. The van der Waals surface area contributed by atoms with Gasteiger partial charge in [0.15, 0.2) is 0 Å². The molecule has 1 aliphatic carbocycles. The molecular weight excluding hydrogens is 232 g/mol. The fraction of sp³-hybridized carbons (Fsp3) is 0.529. The second-order valence-electron chi connectivity index (χ2n) is 5.85. The van der Waals surface area contributed by atoms with Gasteiger partial charge in [-0.2, -0.15) is 0 Å². The van der Waals surface area contributed by atoms with Crippen LogP contribution in [0.1, 0.15) is 24.8 Å². The monoisotopic (exact) mass is 256 g/mol. The van der Waals surface area contributed by atoms with Crippen LogP contribution in [0.2, 0.25) is 0 Å². The minimum atomic E-state index is 0.866. The summed E-state index contributed by atoms with van der Waals surface area (Å²) in [6.45, 7) is 4.80. The Hall–Kier alpha value is -1.12. The van der Waals surface area contributed by atoms with E-state index in [9.17, 15) is 0 Å². The molecule has 1 saturated carbocycles. The van der Waals surface area contributed by atoms with Crippen LogP contribution in [0.4, 0.5) is 0 Å². The van der Waals surface area contributed by atoms with E-state index >= 15 is 0 Å². The maximum absolute atomic E-state index is 3.56. The first kappa shape index (κ1) is 12.9. The minimum Gasteiger partial charge on any atom is -0.313 e. The zero-order valence-corrected chi connectivity index (χ0v) is 11.6. The zero-order valence-electron chi connectivity index (χ0n) is 11.6. The van der Waals surface area contributed by atoms with E-state index in [4.69, 9.17) is 0 Å². The number of nitrogens with zero attached hydrogens (tertiary/aromatic N) is 1. The van der Waals surface area contributed by atoms with E-state index in [0.717, 1.165) is 18.5 Å². The summed E-state index contributed by atoms with van der Waals surface area (Å²) >= 11 is 0. The molecule has 1 heterocycles. The van der Waals surface area contributed by atoms with Gasteiger partial charge in [-0.05, 0) is 43.8 Å². The first-order valence-corrected chi connectivity index (χ1v) is 7.58. The number of nitrogens with one attached hydrogen (secondary N) is 1. The van der Waals surface area contributed by atoms with Crippen LogP contribution >= 0.6 is 0 Å². The van der Waals surface area contributed by atoms with Crippen molar-refractivity contribution in [2.75, 3.05) is 26.2 Å². The van der Waals surface area contributed by atoms with Crippen molar-refractivity contribution in [2.24, 2.45) is 5.92 Å². The van der Waals surface area contributed by atoms with E-state index in [1.807, 2.05) is 0 Å². The second-order valence-corrected chi connectivity index (χ2v) is 5.85. The molecule has 0 radical (unpaired) electrons. The van der Waals surface area contributed by atoms with Crippen LogP contribution in [0.5, 0.6) is 0 Å². The molecule has 1 aromatic rings. The van der Waals surface area contributed by atoms with E-state index in [1.54, 1.807) is 0 Å². The first-order chi connectivity index (χ1) is 9.42. The number of rotatable bonds is 6. The smallest absolute Gasteiger partial charge is 0.0138 e. The van der Waals surface area contributed by atoms with Crippen LogP contribution in [0.15, 0.2) is 36.4 Å². The molecular formula is C17H24N2. The normalized spacial score (nSPS) is 24.3. The van der Waals surface area contributed by atoms with Crippen molar-refractivity contribution in [1.29, 1.82) is 0 Å². The van der Waals surface area contributed by atoms with Gasteiger partial charge in [-0.1, -0.05) is 42.5 Å². The Kier molecular flexibility index (Phi) is 4.31. The van der Waals surface area contributed by atoms with Crippen LogP contribution in [0.25, 0.3) is 6.08 Å². The standard InChI is InChI=1S/C17H24N2/c1-2-5-15(6-3-1)7-4-11-18-13-16-10-12-19(14-16)17-8-9-17/h1-7,16-18H,8-14H2. The van der Waals surface area contributed by atoms with Crippen molar-refractivity contribution < 1.29 is 0 Å². The molecule has 19 heavy (non-hydrogen) atoms. The van der Waals surface area contributed by atoms with E-state index in [1.165, 1.54) is 44.5 Å². The highest BCUT2D eigenvalue weighted by atomic mass is 15.2. The van der Waals surface area contributed by atoms with E-state index in [2.05, 4.69) is 52.7 Å². The molecule has 0 bridgehead atoms. The Morgan fingerprint density at radius 3 is 2.79 bits per heavy atom. The number of likely N-dealkylation sites (tertiary alicyclic amines) is 1. The van der Waals surface area contributed by atoms with Gasteiger partial charge in [0.05, 0.1) is 0 Å². The second kappa shape index (κ2) is 6.36. The molecule has 2 fully saturated rings. The zero-order chi connectivity index (χ0) is 12.9. The SMILES string of the molecule is C(=Cc1ccccc1)CNCC1CCN(C2CC2)C1. The summed E-state index contributed by atoms with van der Waals surface area (Å²) in [5.41, 5.74) is 1.28. The maximum Gasteiger partial charge on any atom is 0.0138 e. The quantitative estimate of drug-likeness (QED) is 0.787. The Morgan fingerprint density at radius 2 is 2.00 bits per heavy atom. The lowest BCUT2D eigenvalue weighted by Gasteiger charge is -2.14. The Morgan fingerprint density at radius 1 is 1.16 bits per heavy atom. The maximum atomic E-state index is 3.56. The molecule has 102 valence electrons. The van der Waals surface area contributed by atoms with Crippen LogP contribution in [0.3, 0.4) is 0 Å². The number of hydrogen-bond acceptors (Lipinski definition) is 2. The summed E-state index contributed by atoms with van der Waals surface area (Å²) < 4.78 is 0. The summed E-state index contributed by atoms with van der Waals surface area (Å²) in [7, 11) is 0. The van der Waals surface area contributed by atoms with Gasteiger partial charge < -0.3 is 10.2 Å². The van der Waals surface area contributed by atoms with Crippen molar-refractivity contribution in [3.8, 4) is 0 Å². The molecule has 1 N–H and O–H groups in total. The van der Waals surface area contributed by atoms with Crippen molar-refractivity contribution >= 4 is 6.08 Å². The molecule has 1 aliphatic heterocycles. The highest BCUT2D eigenvalue weighted by molar-refractivity contribution is 5.48. The molecule has 1 saturated heterocycles. The van der Waals surface area contributed by atoms with E-state index < -0.39 is 0 Å². The topological polar surface area (TPSA) is 15.3 Å². The van der Waals surface area contributed by atoms with Gasteiger partial charge in [-0.3, -0.25) is 0 Å². The third-order valence-electron chi connectivity index (χ3n) is 4.19. The molecule has 2 heteroatoms. The third-order valence-corrected chi connectivity index (χ3v) is 4.19. The fourth-order valence-electron chi connectivity index (χ4n) is 2.93. The molecule has 0 spiro atoms. The van der Waals surface area contributed by atoms with Crippen LogP contribution in [-0.2, 0) is 0 Å². The highest BCUT2D eigenvalue weighted by Gasteiger charge is 2.33. The lowest BCUT2D eigenvalue weighted by Crippen LogP contribution is -2.27. The molecule has 1 aromatic carbocycles. The summed E-state index contributed by atoms with van der Waals surface area (Å²) in [6, 6.07) is 11.4. The van der Waals surface area contributed by atoms with Gasteiger partial charge in [-0.15, -0.1) is 0 Å².